The summed E-state index contributed by atoms with van der Waals surface area (Å²) in [4.78, 5) is 0. The lowest BCUT2D eigenvalue weighted by Gasteiger charge is -2.19. The van der Waals surface area contributed by atoms with E-state index in [-0.39, 0.29) is 17.0 Å². The normalized spacial score (nSPS) is 13.2. The van der Waals surface area contributed by atoms with Crippen molar-refractivity contribution < 1.29 is 26.3 Å². The summed E-state index contributed by atoms with van der Waals surface area (Å²) in [5.74, 6) is 0. The SMILES string of the molecule is CC(C)(C)c1ccc(-c2cc(C(F)(F)F)cc(C(F)(F)F)c2)cc1. The summed E-state index contributed by atoms with van der Waals surface area (Å²) in [5.41, 5.74) is -1.66. The van der Waals surface area contributed by atoms with Crippen LogP contribution in [0.25, 0.3) is 11.1 Å². The molecule has 0 saturated heterocycles. The average Bonchev–Trinajstić information content (AvgIpc) is 2.44. The van der Waals surface area contributed by atoms with Gasteiger partial charge in [0.1, 0.15) is 0 Å². The van der Waals surface area contributed by atoms with Gasteiger partial charge in [0.05, 0.1) is 11.1 Å². The Bertz CT molecular complexity index is 683. The smallest absolute Gasteiger partial charge is 0.166 e. The van der Waals surface area contributed by atoms with Gasteiger partial charge < -0.3 is 0 Å². The zero-order chi connectivity index (χ0) is 18.3. The van der Waals surface area contributed by atoms with Crippen molar-refractivity contribution in [2.75, 3.05) is 0 Å². The van der Waals surface area contributed by atoms with Crippen LogP contribution in [0.15, 0.2) is 42.5 Å². The van der Waals surface area contributed by atoms with Crippen LogP contribution in [0.4, 0.5) is 26.3 Å². The molecule has 0 aromatic heterocycles. The number of benzene rings is 2. The third-order valence-corrected chi connectivity index (χ3v) is 3.67. The van der Waals surface area contributed by atoms with Crippen molar-refractivity contribution in [1.29, 1.82) is 0 Å². The van der Waals surface area contributed by atoms with Gasteiger partial charge in [-0.15, -0.1) is 0 Å². The summed E-state index contributed by atoms with van der Waals surface area (Å²) in [6, 6.07) is 8.11. The monoisotopic (exact) mass is 346 g/mol. The van der Waals surface area contributed by atoms with Crippen molar-refractivity contribution in [2.24, 2.45) is 0 Å². The first-order chi connectivity index (χ1) is 10.8. The quantitative estimate of drug-likeness (QED) is 0.505. The van der Waals surface area contributed by atoms with Crippen LogP contribution in [0.1, 0.15) is 37.5 Å². The first-order valence-electron chi connectivity index (χ1n) is 7.19. The highest BCUT2D eigenvalue weighted by Crippen LogP contribution is 2.38. The Labute approximate surface area is 136 Å². The van der Waals surface area contributed by atoms with Gasteiger partial charge in [0.25, 0.3) is 0 Å². The van der Waals surface area contributed by atoms with Gasteiger partial charge in [-0.25, -0.2) is 0 Å². The zero-order valence-corrected chi connectivity index (χ0v) is 13.3. The highest BCUT2D eigenvalue weighted by molar-refractivity contribution is 5.66. The van der Waals surface area contributed by atoms with E-state index in [1.54, 1.807) is 12.1 Å². The van der Waals surface area contributed by atoms with Crippen molar-refractivity contribution in [3.63, 3.8) is 0 Å². The zero-order valence-electron chi connectivity index (χ0n) is 13.3. The average molecular weight is 346 g/mol. The van der Waals surface area contributed by atoms with E-state index in [4.69, 9.17) is 0 Å². The number of hydrogen-bond donors (Lipinski definition) is 0. The molecule has 2 aromatic rings. The molecule has 0 aliphatic carbocycles. The number of halogens is 6. The minimum absolute atomic E-state index is 0.113. The molecule has 0 atom stereocenters. The standard InChI is InChI=1S/C18H16F6/c1-16(2,3)13-6-4-11(5-7-13)12-8-14(17(19,20)21)10-15(9-12)18(22,23)24/h4-10H,1-3H3. The van der Waals surface area contributed by atoms with Crippen molar-refractivity contribution >= 4 is 0 Å². The minimum atomic E-state index is -4.85. The van der Waals surface area contributed by atoms with Crippen molar-refractivity contribution in [3.8, 4) is 11.1 Å². The molecule has 2 rings (SSSR count). The van der Waals surface area contributed by atoms with Crippen LogP contribution < -0.4 is 0 Å². The van der Waals surface area contributed by atoms with E-state index in [1.165, 1.54) is 12.1 Å². The Morgan fingerprint density at radius 3 is 1.29 bits per heavy atom. The number of hydrogen-bond acceptors (Lipinski definition) is 0. The summed E-state index contributed by atoms with van der Waals surface area (Å²) in [7, 11) is 0. The second kappa shape index (κ2) is 5.83. The van der Waals surface area contributed by atoms with Gasteiger partial charge in [-0.2, -0.15) is 26.3 Å². The number of alkyl halides is 6. The Morgan fingerprint density at radius 2 is 0.958 bits per heavy atom. The van der Waals surface area contributed by atoms with Crippen LogP contribution >= 0.6 is 0 Å². The molecular weight excluding hydrogens is 330 g/mol. The second-order valence-corrected chi connectivity index (χ2v) is 6.62. The summed E-state index contributed by atoms with van der Waals surface area (Å²) in [6.45, 7) is 5.90. The molecule has 0 N–H and O–H groups in total. The van der Waals surface area contributed by atoms with Gasteiger partial charge in [0.15, 0.2) is 0 Å². The van der Waals surface area contributed by atoms with Crippen LogP contribution in [-0.4, -0.2) is 0 Å². The van der Waals surface area contributed by atoms with Crippen LogP contribution in [0.3, 0.4) is 0 Å². The first-order valence-corrected chi connectivity index (χ1v) is 7.19. The van der Waals surface area contributed by atoms with Gasteiger partial charge in [-0.3, -0.25) is 0 Å². The highest BCUT2D eigenvalue weighted by Gasteiger charge is 2.37. The number of rotatable bonds is 1. The van der Waals surface area contributed by atoms with Crippen LogP contribution in [0.2, 0.25) is 0 Å². The van der Waals surface area contributed by atoms with E-state index in [0.717, 1.165) is 17.7 Å². The summed E-state index contributed by atoms with van der Waals surface area (Å²) < 4.78 is 77.4. The van der Waals surface area contributed by atoms with E-state index < -0.39 is 23.5 Å². The van der Waals surface area contributed by atoms with Gasteiger partial charge >= 0.3 is 12.4 Å². The van der Waals surface area contributed by atoms with E-state index in [2.05, 4.69) is 0 Å². The molecule has 6 heteroatoms. The predicted molar refractivity (Wildman–Crippen MR) is 80.6 cm³/mol. The van der Waals surface area contributed by atoms with Gasteiger partial charge in [0.2, 0.25) is 0 Å². The van der Waals surface area contributed by atoms with E-state index in [9.17, 15) is 26.3 Å². The topological polar surface area (TPSA) is 0 Å². The van der Waals surface area contributed by atoms with E-state index in [0.29, 0.717) is 5.56 Å². The molecule has 24 heavy (non-hydrogen) atoms. The summed E-state index contributed by atoms with van der Waals surface area (Å²) >= 11 is 0. The fourth-order valence-corrected chi connectivity index (χ4v) is 2.28. The maximum Gasteiger partial charge on any atom is 0.416 e. The van der Waals surface area contributed by atoms with Crippen LogP contribution in [0.5, 0.6) is 0 Å². The molecule has 2 aromatic carbocycles. The maximum absolute atomic E-state index is 12.9. The molecular formula is C18H16F6. The molecule has 0 bridgehead atoms. The third-order valence-electron chi connectivity index (χ3n) is 3.67. The van der Waals surface area contributed by atoms with Crippen molar-refractivity contribution in [1.82, 2.24) is 0 Å². The van der Waals surface area contributed by atoms with E-state index in [1.807, 2.05) is 20.8 Å². The Kier molecular flexibility index (Phi) is 4.46. The summed E-state index contributed by atoms with van der Waals surface area (Å²) in [5, 5.41) is 0. The molecule has 0 aliphatic heterocycles. The van der Waals surface area contributed by atoms with Crippen molar-refractivity contribution in [3.05, 3.63) is 59.2 Å². The molecule has 0 spiro atoms. The van der Waals surface area contributed by atoms with Gasteiger partial charge in [0, 0.05) is 0 Å². The van der Waals surface area contributed by atoms with Crippen molar-refractivity contribution in [2.45, 2.75) is 38.5 Å². The molecule has 130 valence electrons. The minimum Gasteiger partial charge on any atom is -0.166 e. The lowest BCUT2D eigenvalue weighted by atomic mass is 9.86. The Morgan fingerprint density at radius 1 is 0.542 bits per heavy atom. The first kappa shape index (κ1) is 18.4. The highest BCUT2D eigenvalue weighted by atomic mass is 19.4. The molecule has 0 fully saturated rings. The maximum atomic E-state index is 12.9. The lowest BCUT2D eigenvalue weighted by Crippen LogP contribution is -2.11. The second-order valence-electron chi connectivity index (χ2n) is 6.62. The van der Waals surface area contributed by atoms with Crippen LogP contribution in [-0.2, 0) is 17.8 Å². The fraction of sp³-hybridized carbons (Fsp3) is 0.333. The molecule has 0 radical (unpaired) electrons. The summed E-state index contributed by atoms with van der Waals surface area (Å²) in [6.07, 6.45) is -9.69. The molecule has 0 amide bonds. The largest absolute Gasteiger partial charge is 0.416 e. The molecule has 0 saturated carbocycles. The Hall–Kier alpha value is -1.98. The van der Waals surface area contributed by atoms with Gasteiger partial charge in [-0.1, -0.05) is 45.0 Å². The third kappa shape index (κ3) is 4.10. The fourth-order valence-electron chi connectivity index (χ4n) is 2.28. The molecule has 0 nitrogen and oxygen atoms in total. The molecule has 0 unspecified atom stereocenters. The van der Waals surface area contributed by atoms with Crippen LogP contribution in [0, 0.1) is 0 Å². The van der Waals surface area contributed by atoms with E-state index >= 15 is 0 Å². The molecule has 0 heterocycles. The predicted octanol–water partition coefficient (Wildman–Crippen LogP) is 6.69. The Balaban J connectivity index is 2.57. The lowest BCUT2D eigenvalue weighted by molar-refractivity contribution is -0.143. The van der Waals surface area contributed by atoms with Gasteiger partial charge in [-0.05, 0) is 40.3 Å². The molecule has 0 aliphatic rings.